The first-order valence-electron chi connectivity index (χ1n) is 18.2. The maximum atomic E-state index is 4.43. The number of hydrogen-bond acceptors (Lipinski definition) is 1. The Bertz CT molecular complexity index is 2510. The van der Waals surface area contributed by atoms with Gasteiger partial charge < -0.3 is 0 Å². The Morgan fingerprint density at radius 3 is 1.11 bits per heavy atom. The fourth-order valence-corrected chi connectivity index (χ4v) is 8.12. The van der Waals surface area contributed by atoms with Crippen molar-refractivity contribution < 1.29 is 0 Å². The molecule has 250 valence electrons. The molecular weight excluding hydrogens is 639 g/mol. The number of rotatable bonds is 8. The lowest BCUT2D eigenvalue weighted by Gasteiger charge is -2.37. The average Bonchev–Trinajstić information content (AvgIpc) is 3.24. The first-order chi connectivity index (χ1) is 26.3. The predicted octanol–water partition coefficient (Wildman–Crippen LogP) is 13.3. The molecule has 8 aromatic carbocycles. The predicted molar refractivity (Wildman–Crippen MR) is 224 cm³/mol. The molecule has 0 fully saturated rings. The van der Waals surface area contributed by atoms with Crippen LogP contribution >= 0.6 is 0 Å². The molecular formula is C52H37N. The number of hydrogen-bond donors (Lipinski definition) is 0. The van der Waals surface area contributed by atoms with Crippen LogP contribution in [0.25, 0.3) is 56.0 Å². The molecule has 0 bridgehead atoms. The molecule has 9 rings (SSSR count). The lowest BCUT2D eigenvalue weighted by molar-refractivity contribution is 0.745. The van der Waals surface area contributed by atoms with Crippen molar-refractivity contribution in [3.63, 3.8) is 0 Å². The third kappa shape index (κ3) is 5.83. The second-order valence-corrected chi connectivity index (χ2v) is 13.5. The first-order valence-corrected chi connectivity index (χ1v) is 18.2. The highest BCUT2D eigenvalue weighted by Gasteiger charge is 2.38. The van der Waals surface area contributed by atoms with Crippen molar-refractivity contribution >= 4 is 33.7 Å². The maximum absolute atomic E-state index is 4.43. The highest BCUT2D eigenvalue weighted by atomic mass is 14.6. The normalized spacial score (nSPS) is 11.7. The fourth-order valence-electron chi connectivity index (χ4n) is 8.12. The van der Waals surface area contributed by atoms with Crippen LogP contribution in [0.1, 0.15) is 33.5 Å². The summed E-state index contributed by atoms with van der Waals surface area (Å²) in [5.41, 5.74) is 11.5. The minimum Gasteiger partial charge on any atom is -0.257 e. The molecule has 1 heteroatoms. The van der Waals surface area contributed by atoms with E-state index in [1.54, 1.807) is 0 Å². The van der Waals surface area contributed by atoms with Gasteiger partial charge in [0.05, 0.1) is 11.1 Å². The van der Waals surface area contributed by atoms with Crippen LogP contribution in [0, 0.1) is 0 Å². The lowest BCUT2D eigenvalue weighted by Crippen LogP contribution is -2.30. The van der Waals surface area contributed by atoms with Crippen LogP contribution in [-0.4, -0.2) is 4.98 Å². The third-order valence-electron chi connectivity index (χ3n) is 10.5. The molecule has 1 heterocycles. The van der Waals surface area contributed by atoms with Gasteiger partial charge in [-0.1, -0.05) is 200 Å². The molecule has 0 unspecified atom stereocenters. The Hall–Kier alpha value is -6.83. The maximum Gasteiger partial charge on any atom is 0.0701 e. The molecule has 0 aliphatic carbocycles. The van der Waals surface area contributed by atoms with Gasteiger partial charge in [0.1, 0.15) is 0 Å². The van der Waals surface area contributed by atoms with Crippen molar-refractivity contribution in [3.05, 3.63) is 246 Å². The number of benzene rings is 8. The van der Waals surface area contributed by atoms with E-state index in [1.165, 1.54) is 66.1 Å². The molecule has 0 saturated heterocycles. The second-order valence-electron chi connectivity index (χ2n) is 13.5. The first kappa shape index (κ1) is 32.1. The molecule has 0 aliphatic rings. The fraction of sp³-hybridized carbons (Fsp3) is 0.0192. The van der Waals surface area contributed by atoms with Gasteiger partial charge >= 0.3 is 0 Å². The summed E-state index contributed by atoms with van der Waals surface area (Å²) in [6.07, 6.45) is 6.00. The van der Waals surface area contributed by atoms with E-state index in [2.05, 4.69) is 205 Å². The Labute approximate surface area is 311 Å². The summed E-state index contributed by atoms with van der Waals surface area (Å²) in [4.78, 5) is 4.43. The van der Waals surface area contributed by atoms with Gasteiger partial charge in [0.25, 0.3) is 0 Å². The minimum atomic E-state index is -0.491. The summed E-state index contributed by atoms with van der Waals surface area (Å²) in [5.74, 6) is 0. The van der Waals surface area contributed by atoms with E-state index >= 15 is 0 Å². The number of nitrogens with zero attached hydrogens (tertiary/aromatic N) is 1. The van der Waals surface area contributed by atoms with E-state index < -0.39 is 5.41 Å². The zero-order valence-electron chi connectivity index (χ0n) is 29.3. The Balaban J connectivity index is 1.20. The summed E-state index contributed by atoms with van der Waals surface area (Å²) in [7, 11) is 0. The number of pyridine rings is 1. The molecule has 0 saturated carbocycles. The molecule has 0 N–H and O–H groups in total. The van der Waals surface area contributed by atoms with Gasteiger partial charge in [0.15, 0.2) is 0 Å². The smallest absolute Gasteiger partial charge is 0.0701 e. The van der Waals surface area contributed by atoms with Crippen LogP contribution in [0.2, 0.25) is 0 Å². The van der Waals surface area contributed by atoms with Crippen LogP contribution in [0.3, 0.4) is 0 Å². The van der Waals surface area contributed by atoms with Crippen molar-refractivity contribution in [1.29, 1.82) is 0 Å². The zero-order chi connectivity index (χ0) is 35.5. The van der Waals surface area contributed by atoms with E-state index in [1.807, 2.05) is 24.4 Å². The molecule has 53 heavy (non-hydrogen) atoms. The third-order valence-corrected chi connectivity index (χ3v) is 10.5. The van der Waals surface area contributed by atoms with Gasteiger partial charge in [-0.2, -0.15) is 0 Å². The molecule has 0 aliphatic heterocycles. The minimum absolute atomic E-state index is 0.491. The van der Waals surface area contributed by atoms with E-state index in [-0.39, 0.29) is 0 Å². The van der Waals surface area contributed by atoms with E-state index in [9.17, 15) is 0 Å². The van der Waals surface area contributed by atoms with Gasteiger partial charge in [-0.25, -0.2) is 0 Å². The second kappa shape index (κ2) is 14.1. The summed E-state index contributed by atoms with van der Waals surface area (Å²) in [6, 6.07) is 74.7. The largest absolute Gasteiger partial charge is 0.257 e. The molecule has 0 spiro atoms. The van der Waals surface area contributed by atoms with Crippen LogP contribution < -0.4 is 0 Å². The van der Waals surface area contributed by atoms with E-state index in [0.29, 0.717) is 0 Å². The van der Waals surface area contributed by atoms with Crippen molar-refractivity contribution in [2.24, 2.45) is 0 Å². The number of aromatic nitrogens is 1. The summed E-state index contributed by atoms with van der Waals surface area (Å²) < 4.78 is 0. The van der Waals surface area contributed by atoms with Gasteiger partial charge in [-0.3, -0.25) is 4.98 Å². The number of fused-ring (bicyclic) bond motifs is 2. The summed E-state index contributed by atoms with van der Waals surface area (Å²) >= 11 is 0. The highest BCUT2D eigenvalue weighted by molar-refractivity contribution is 6.21. The SMILES string of the molecule is C(=C\c1ccccn1)/c1ccc(-c2c3ccccc3c(-c3ccc(C(c4ccccc4)(c4ccccc4)c4ccccc4)cc3)c3ccccc23)cc1. The quantitative estimate of drug-likeness (QED) is 0.115. The molecule has 1 nitrogen and oxygen atoms in total. The van der Waals surface area contributed by atoms with Crippen LogP contribution in [0.4, 0.5) is 0 Å². The van der Waals surface area contributed by atoms with Gasteiger partial charge in [-0.15, -0.1) is 0 Å². The van der Waals surface area contributed by atoms with Crippen molar-refractivity contribution in [3.8, 4) is 22.3 Å². The molecule has 0 atom stereocenters. The summed E-state index contributed by atoms with van der Waals surface area (Å²) in [6.45, 7) is 0. The lowest BCUT2D eigenvalue weighted by atomic mass is 9.65. The van der Waals surface area contributed by atoms with Crippen LogP contribution in [0.5, 0.6) is 0 Å². The van der Waals surface area contributed by atoms with Crippen molar-refractivity contribution in [1.82, 2.24) is 4.98 Å². The topological polar surface area (TPSA) is 12.9 Å². The standard InChI is InChI=1S/C52H37N/c1-4-16-41(17-5-1)52(42-18-6-2-7-19-42,43-20-8-3-9-21-43)44-34-32-40(33-35-44)51-48-25-12-10-23-46(48)50(47-24-11-13-26-49(47)51)39-30-27-38(28-31-39)29-36-45-22-14-15-37-53-45/h1-37H/b36-29+. The van der Waals surface area contributed by atoms with Gasteiger partial charge in [0.2, 0.25) is 0 Å². The van der Waals surface area contributed by atoms with Gasteiger partial charge in [0, 0.05) is 6.20 Å². The molecule has 1 aromatic heterocycles. The summed E-state index contributed by atoms with van der Waals surface area (Å²) in [5, 5.41) is 4.98. The Morgan fingerprint density at radius 2 is 0.698 bits per heavy atom. The Kier molecular flexibility index (Phi) is 8.52. The molecule has 0 amide bonds. The van der Waals surface area contributed by atoms with Crippen molar-refractivity contribution in [2.45, 2.75) is 5.41 Å². The van der Waals surface area contributed by atoms with Gasteiger partial charge in [-0.05, 0) is 89.8 Å². The van der Waals surface area contributed by atoms with Crippen LogP contribution in [-0.2, 0) is 5.41 Å². The van der Waals surface area contributed by atoms with E-state index in [0.717, 1.165) is 11.3 Å². The van der Waals surface area contributed by atoms with E-state index in [4.69, 9.17) is 0 Å². The average molecular weight is 676 g/mol. The van der Waals surface area contributed by atoms with Crippen molar-refractivity contribution in [2.75, 3.05) is 0 Å². The zero-order valence-corrected chi connectivity index (χ0v) is 29.3. The highest BCUT2D eigenvalue weighted by Crippen LogP contribution is 2.47. The van der Waals surface area contributed by atoms with Crippen LogP contribution in [0.15, 0.2) is 212 Å². The Morgan fingerprint density at radius 1 is 0.321 bits per heavy atom. The molecule has 0 radical (unpaired) electrons. The molecule has 9 aromatic rings. The monoisotopic (exact) mass is 675 g/mol.